The van der Waals surface area contributed by atoms with Crippen molar-refractivity contribution in [1.82, 2.24) is 5.01 Å². The number of quaternary nitrogens is 1. The van der Waals surface area contributed by atoms with Crippen molar-refractivity contribution in [3.05, 3.63) is 59.2 Å². The fourth-order valence-electron chi connectivity index (χ4n) is 3.29. The van der Waals surface area contributed by atoms with E-state index in [1.54, 1.807) is 12.0 Å². The Morgan fingerprint density at radius 2 is 1.81 bits per heavy atom. The van der Waals surface area contributed by atoms with Crippen molar-refractivity contribution in [2.45, 2.75) is 20.4 Å². The van der Waals surface area contributed by atoms with Crippen molar-refractivity contribution in [3.63, 3.8) is 0 Å². The molecule has 3 rings (SSSR count). The Morgan fingerprint density at radius 1 is 1.07 bits per heavy atom. The summed E-state index contributed by atoms with van der Waals surface area (Å²) in [5.41, 5.74) is 3.75. The maximum absolute atomic E-state index is 5.56. The molecule has 1 aliphatic heterocycles. The number of methoxy groups -OCH3 is 1. The zero-order valence-corrected chi connectivity index (χ0v) is 16.6. The highest BCUT2D eigenvalue weighted by molar-refractivity contribution is 5.80. The normalized spacial score (nSPS) is 15.3. The second kappa shape index (κ2) is 9.42. The highest BCUT2D eigenvalue weighted by Crippen LogP contribution is 2.27. The first kappa shape index (κ1) is 19.2. The Balaban J connectivity index is 1.52. The summed E-state index contributed by atoms with van der Waals surface area (Å²) in [6.45, 7) is 9.99. The van der Waals surface area contributed by atoms with E-state index < -0.39 is 0 Å². The number of rotatable bonds is 7. The molecule has 0 bridgehead atoms. The molecule has 2 aromatic rings. The minimum absolute atomic E-state index is 0.624. The van der Waals surface area contributed by atoms with E-state index in [4.69, 9.17) is 9.47 Å². The molecule has 1 N–H and O–H groups in total. The SMILES string of the molecule is CCOc1ccc(/C=N\N2CC[NH+](Cc3ccc(C)cc3)CC2)cc1OC. The number of benzene rings is 2. The topological polar surface area (TPSA) is 38.5 Å². The smallest absolute Gasteiger partial charge is 0.161 e. The number of hydrazone groups is 1. The average molecular weight is 369 g/mol. The van der Waals surface area contributed by atoms with Crippen LogP contribution in [0, 0.1) is 6.92 Å². The van der Waals surface area contributed by atoms with Crippen molar-refractivity contribution in [1.29, 1.82) is 0 Å². The van der Waals surface area contributed by atoms with Gasteiger partial charge in [0.05, 0.1) is 46.1 Å². The summed E-state index contributed by atoms with van der Waals surface area (Å²) < 4.78 is 11.0. The Kier molecular flexibility index (Phi) is 6.71. The summed E-state index contributed by atoms with van der Waals surface area (Å²) in [6, 6.07) is 14.8. The number of hydrogen-bond acceptors (Lipinski definition) is 4. The van der Waals surface area contributed by atoms with Gasteiger partial charge in [0.2, 0.25) is 0 Å². The summed E-state index contributed by atoms with van der Waals surface area (Å²) in [5.74, 6) is 1.51. The highest BCUT2D eigenvalue weighted by Gasteiger charge is 2.18. The van der Waals surface area contributed by atoms with Gasteiger partial charge in [0, 0.05) is 5.56 Å². The second-order valence-corrected chi connectivity index (χ2v) is 6.95. The lowest BCUT2D eigenvalue weighted by Crippen LogP contribution is -3.13. The lowest BCUT2D eigenvalue weighted by molar-refractivity contribution is -0.918. The van der Waals surface area contributed by atoms with E-state index in [-0.39, 0.29) is 0 Å². The van der Waals surface area contributed by atoms with Gasteiger partial charge in [0.1, 0.15) is 6.54 Å². The maximum Gasteiger partial charge on any atom is 0.161 e. The maximum atomic E-state index is 5.56. The third-order valence-electron chi connectivity index (χ3n) is 4.88. The van der Waals surface area contributed by atoms with Crippen LogP contribution in [0.5, 0.6) is 11.5 Å². The fraction of sp³-hybridized carbons (Fsp3) is 0.409. The van der Waals surface area contributed by atoms with Gasteiger partial charge in [-0.15, -0.1) is 0 Å². The summed E-state index contributed by atoms with van der Waals surface area (Å²) in [7, 11) is 1.66. The summed E-state index contributed by atoms with van der Waals surface area (Å²) in [5, 5.41) is 6.81. The fourth-order valence-corrected chi connectivity index (χ4v) is 3.29. The molecule has 1 fully saturated rings. The van der Waals surface area contributed by atoms with E-state index in [1.807, 2.05) is 31.3 Å². The van der Waals surface area contributed by atoms with Crippen LogP contribution < -0.4 is 14.4 Å². The predicted octanol–water partition coefficient (Wildman–Crippen LogP) is 2.14. The molecule has 0 atom stereocenters. The minimum Gasteiger partial charge on any atom is -0.493 e. The van der Waals surface area contributed by atoms with Crippen LogP contribution in [-0.2, 0) is 6.54 Å². The second-order valence-electron chi connectivity index (χ2n) is 6.95. The molecule has 0 aromatic heterocycles. The molecule has 5 heteroatoms. The van der Waals surface area contributed by atoms with Gasteiger partial charge < -0.3 is 14.4 Å². The summed E-state index contributed by atoms with van der Waals surface area (Å²) in [4.78, 5) is 1.62. The number of piperazine rings is 1. The van der Waals surface area contributed by atoms with Crippen molar-refractivity contribution in [2.75, 3.05) is 39.9 Å². The number of aryl methyl sites for hydroxylation is 1. The standard InChI is InChI=1S/C22H29N3O2/c1-4-27-21-10-9-20(15-22(21)26-3)16-23-25-13-11-24(12-14-25)17-19-7-5-18(2)6-8-19/h5-10,15-16H,4,11-14,17H2,1-3H3/p+1/b23-16-. The summed E-state index contributed by atoms with van der Waals surface area (Å²) in [6.07, 6.45) is 1.91. The molecular formula is C22H30N3O2+. The van der Waals surface area contributed by atoms with Crippen LogP contribution in [0.4, 0.5) is 0 Å². The van der Waals surface area contributed by atoms with Crippen LogP contribution in [0.1, 0.15) is 23.6 Å². The highest BCUT2D eigenvalue weighted by atomic mass is 16.5. The molecule has 0 spiro atoms. The zero-order chi connectivity index (χ0) is 19.1. The molecule has 1 aliphatic rings. The van der Waals surface area contributed by atoms with E-state index in [2.05, 4.69) is 41.3 Å². The predicted molar refractivity (Wildman–Crippen MR) is 109 cm³/mol. The molecule has 0 unspecified atom stereocenters. The van der Waals surface area contributed by atoms with Gasteiger partial charge >= 0.3 is 0 Å². The zero-order valence-electron chi connectivity index (χ0n) is 16.6. The van der Waals surface area contributed by atoms with E-state index in [1.165, 1.54) is 11.1 Å². The van der Waals surface area contributed by atoms with Crippen LogP contribution >= 0.6 is 0 Å². The van der Waals surface area contributed by atoms with Crippen LogP contribution in [0.25, 0.3) is 0 Å². The van der Waals surface area contributed by atoms with Crippen LogP contribution in [0.3, 0.4) is 0 Å². The van der Waals surface area contributed by atoms with E-state index in [0.29, 0.717) is 6.61 Å². The molecule has 0 aliphatic carbocycles. The lowest BCUT2D eigenvalue weighted by Gasteiger charge is -2.30. The Bertz CT molecular complexity index is 751. The van der Waals surface area contributed by atoms with Crippen molar-refractivity contribution in [3.8, 4) is 11.5 Å². The molecule has 1 heterocycles. The van der Waals surface area contributed by atoms with Crippen molar-refractivity contribution < 1.29 is 14.4 Å². The Hall–Kier alpha value is -2.53. The van der Waals surface area contributed by atoms with Crippen molar-refractivity contribution >= 4 is 6.21 Å². The van der Waals surface area contributed by atoms with Gasteiger partial charge in [0.15, 0.2) is 11.5 Å². The van der Waals surface area contributed by atoms with Gasteiger partial charge in [-0.2, -0.15) is 5.10 Å². The van der Waals surface area contributed by atoms with Gasteiger partial charge in [-0.05, 0) is 37.6 Å². The summed E-state index contributed by atoms with van der Waals surface area (Å²) >= 11 is 0. The van der Waals surface area contributed by atoms with Gasteiger partial charge in [0.25, 0.3) is 0 Å². The molecule has 5 nitrogen and oxygen atoms in total. The van der Waals surface area contributed by atoms with Gasteiger partial charge in [-0.1, -0.05) is 29.8 Å². The number of nitrogens with one attached hydrogen (secondary N) is 1. The first-order valence-corrected chi connectivity index (χ1v) is 9.67. The van der Waals surface area contributed by atoms with E-state index >= 15 is 0 Å². The molecule has 144 valence electrons. The number of hydrogen-bond donors (Lipinski definition) is 1. The monoisotopic (exact) mass is 368 g/mol. The lowest BCUT2D eigenvalue weighted by atomic mass is 10.1. The minimum atomic E-state index is 0.624. The Morgan fingerprint density at radius 3 is 2.48 bits per heavy atom. The van der Waals surface area contributed by atoms with Gasteiger partial charge in [-0.3, -0.25) is 5.01 Å². The van der Waals surface area contributed by atoms with E-state index in [0.717, 1.165) is 49.8 Å². The van der Waals surface area contributed by atoms with Crippen molar-refractivity contribution in [2.24, 2.45) is 5.10 Å². The molecule has 2 aromatic carbocycles. The van der Waals surface area contributed by atoms with Crippen LogP contribution in [0.15, 0.2) is 47.6 Å². The number of ether oxygens (including phenoxy) is 2. The number of nitrogens with zero attached hydrogens (tertiary/aromatic N) is 2. The first-order valence-electron chi connectivity index (χ1n) is 9.67. The molecule has 27 heavy (non-hydrogen) atoms. The average Bonchev–Trinajstić information content (AvgIpc) is 2.70. The van der Waals surface area contributed by atoms with Gasteiger partial charge in [-0.25, -0.2) is 0 Å². The first-order chi connectivity index (χ1) is 13.2. The quantitative estimate of drug-likeness (QED) is 0.761. The third-order valence-corrected chi connectivity index (χ3v) is 4.88. The molecule has 0 radical (unpaired) electrons. The van der Waals surface area contributed by atoms with Crippen LogP contribution in [-0.4, -0.2) is 51.1 Å². The largest absolute Gasteiger partial charge is 0.493 e. The van der Waals surface area contributed by atoms with E-state index in [9.17, 15) is 0 Å². The molecule has 0 saturated carbocycles. The molecular weight excluding hydrogens is 338 g/mol. The van der Waals surface area contributed by atoms with Crippen LogP contribution in [0.2, 0.25) is 0 Å². The third kappa shape index (κ3) is 5.47. The molecule has 1 saturated heterocycles. The molecule has 0 amide bonds. The Labute approximate surface area is 162 Å².